The second-order valence-electron chi connectivity index (χ2n) is 15.3. The highest BCUT2D eigenvalue weighted by atomic mass is 16.6. The van der Waals surface area contributed by atoms with Crippen LogP contribution in [0.25, 0.3) is 0 Å². The Hall–Kier alpha value is -2.15. The molecule has 0 radical (unpaired) electrons. The Bertz CT molecular complexity index is 899. The van der Waals surface area contributed by atoms with E-state index < -0.39 is 6.10 Å². The van der Waals surface area contributed by atoms with Gasteiger partial charge in [0, 0.05) is 19.3 Å². The Morgan fingerprint density at radius 3 is 1.15 bits per heavy atom. The maximum absolute atomic E-state index is 12.7. The normalized spacial score (nSPS) is 12.2. The summed E-state index contributed by atoms with van der Waals surface area (Å²) in [5.41, 5.74) is 0. The fourth-order valence-electron chi connectivity index (χ4n) is 6.54. The molecule has 0 aliphatic rings. The number of hydrogen-bond donors (Lipinski definition) is 0. The van der Waals surface area contributed by atoms with E-state index in [2.05, 4.69) is 56.9 Å². The summed E-state index contributed by atoms with van der Waals surface area (Å²) in [5, 5.41) is 0. The average molecular weight is 762 g/mol. The lowest BCUT2D eigenvalue weighted by Gasteiger charge is -2.19. The highest BCUT2D eigenvalue weighted by Crippen LogP contribution is 2.13. The molecule has 7 heteroatoms. The number of rotatable bonds is 41. The van der Waals surface area contributed by atoms with Crippen LogP contribution < -0.4 is 0 Å². The van der Waals surface area contributed by atoms with Crippen LogP contribution in [0.4, 0.5) is 0 Å². The van der Waals surface area contributed by atoms with E-state index >= 15 is 0 Å². The van der Waals surface area contributed by atoms with Gasteiger partial charge in [0.1, 0.15) is 13.2 Å². The second-order valence-corrected chi connectivity index (χ2v) is 15.3. The van der Waals surface area contributed by atoms with E-state index in [1.165, 1.54) is 109 Å². The summed E-state index contributed by atoms with van der Waals surface area (Å²) in [5.74, 6) is -0.944. The molecule has 0 spiro atoms. The minimum Gasteiger partial charge on any atom is -0.462 e. The van der Waals surface area contributed by atoms with Crippen LogP contribution in [-0.2, 0) is 28.6 Å². The number of esters is 3. The van der Waals surface area contributed by atoms with Gasteiger partial charge in [0.15, 0.2) is 6.10 Å². The quantitative estimate of drug-likeness (QED) is 0.0265. The van der Waals surface area contributed by atoms with Crippen molar-refractivity contribution in [3.63, 3.8) is 0 Å². The molecule has 0 fully saturated rings. The molecule has 0 aliphatic carbocycles. The standard InChI is InChI=1S/C47H87NO6/c1-5-9-11-13-15-17-19-21-23-25-27-29-31-33-35-38-45(49)52-42-44(43-53-46(50)40-37-41-48(7-3)8-4)54-47(51)39-36-34-32-30-28-26-24-22-20-18-16-14-12-10-6-2/h21-24,44H,5-20,25-43H2,1-4H3. The molecular formula is C47H87NO6. The summed E-state index contributed by atoms with van der Waals surface area (Å²) in [7, 11) is 0. The van der Waals surface area contributed by atoms with E-state index in [0.717, 1.165) is 77.4 Å². The third-order valence-electron chi connectivity index (χ3n) is 10.2. The van der Waals surface area contributed by atoms with Crippen LogP contribution in [0.3, 0.4) is 0 Å². The molecule has 0 amide bonds. The molecule has 0 bridgehead atoms. The first-order chi connectivity index (χ1) is 26.5. The zero-order chi connectivity index (χ0) is 39.6. The molecule has 0 saturated heterocycles. The van der Waals surface area contributed by atoms with E-state index in [1.54, 1.807) is 0 Å². The average Bonchev–Trinajstić information content (AvgIpc) is 3.17. The van der Waals surface area contributed by atoms with Gasteiger partial charge in [0.2, 0.25) is 0 Å². The van der Waals surface area contributed by atoms with Crippen LogP contribution in [0, 0.1) is 0 Å². The highest BCUT2D eigenvalue weighted by molar-refractivity contribution is 5.71. The Morgan fingerprint density at radius 1 is 0.426 bits per heavy atom. The number of carbonyl (C=O) groups excluding carboxylic acids is 3. The molecule has 0 aliphatic heterocycles. The fourth-order valence-corrected chi connectivity index (χ4v) is 6.54. The van der Waals surface area contributed by atoms with E-state index in [1.807, 2.05) is 0 Å². The second kappa shape index (κ2) is 42.0. The zero-order valence-corrected chi connectivity index (χ0v) is 36.0. The first-order valence-electron chi connectivity index (χ1n) is 23.0. The molecule has 0 aromatic rings. The lowest BCUT2D eigenvalue weighted by atomic mass is 10.1. The largest absolute Gasteiger partial charge is 0.462 e. The Labute approximate surface area is 334 Å². The molecule has 0 rings (SSSR count). The number of hydrogen-bond acceptors (Lipinski definition) is 7. The molecule has 0 saturated carbocycles. The molecular weight excluding hydrogens is 675 g/mol. The van der Waals surface area contributed by atoms with E-state index in [0.29, 0.717) is 25.7 Å². The highest BCUT2D eigenvalue weighted by Gasteiger charge is 2.19. The Kier molecular flexibility index (Phi) is 40.3. The molecule has 1 atom stereocenters. The van der Waals surface area contributed by atoms with Crippen molar-refractivity contribution in [2.75, 3.05) is 32.8 Å². The van der Waals surface area contributed by atoms with Crippen molar-refractivity contribution in [3.8, 4) is 0 Å². The zero-order valence-electron chi connectivity index (χ0n) is 36.0. The van der Waals surface area contributed by atoms with Crippen LogP contribution in [0.15, 0.2) is 24.3 Å². The van der Waals surface area contributed by atoms with Gasteiger partial charge in [-0.25, -0.2) is 0 Å². The molecule has 316 valence electrons. The van der Waals surface area contributed by atoms with Crippen molar-refractivity contribution >= 4 is 17.9 Å². The van der Waals surface area contributed by atoms with Crippen molar-refractivity contribution < 1.29 is 28.6 Å². The van der Waals surface area contributed by atoms with Crippen molar-refractivity contribution in [1.29, 1.82) is 0 Å². The maximum atomic E-state index is 12.7. The SMILES string of the molecule is CCCCCCCCC=CCCCCCCCC(=O)OCC(COC(=O)CCCN(CC)CC)OC(=O)CCCCCCCC=CCCCCCCCC. The predicted molar refractivity (Wildman–Crippen MR) is 228 cm³/mol. The summed E-state index contributed by atoms with van der Waals surface area (Å²) in [6.45, 7) is 11.3. The number of nitrogens with zero attached hydrogens (tertiary/aromatic N) is 1. The van der Waals surface area contributed by atoms with Gasteiger partial charge in [-0.05, 0) is 90.3 Å². The van der Waals surface area contributed by atoms with Crippen molar-refractivity contribution in [3.05, 3.63) is 24.3 Å². The van der Waals surface area contributed by atoms with E-state index in [9.17, 15) is 14.4 Å². The Balaban J connectivity index is 4.31. The predicted octanol–water partition coefficient (Wildman–Crippen LogP) is 13.2. The number of ether oxygens (including phenoxy) is 3. The minimum atomic E-state index is -0.787. The van der Waals surface area contributed by atoms with Crippen LogP contribution in [0.1, 0.15) is 220 Å². The van der Waals surface area contributed by atoms with Crippen LogP contribution in [0.2, 0.25) is 0 Å². The summed E-state index contributed by atoms with van der Waals surface area (Å²) in [6.07, 6.45) is 41.5. The molecule has 1 unspecified atom stereocenters. The van der Waals surface area contributed by atoms with Gasteiger partial charge in [-0.1, -0.05) is 155 Å². The molecule has 0 aromatic carbocycles. The number of unbranched alkanes of at least 4 members (excludes halogenated alkanes) is 22. The molecule has 0 aromatic heterocycles. The first kappa shape index (κ1) is 51.9. The third-order valence-corrected chi connectivity index (χ3v) is 10.2. The van der Waals surface area contributed by atoms with Crippen LogP contribution in [-0.4, -0.2) is 61.8 Å². The van der Waals surface area contributed by atoms with Gasteiger partial charge in [-0.15, -0.1) is 0 Å². The summed E-state index contributed by atoms with van der Waals surface area (Å²) >= 11 is 0. The van der Waals surface area contributed by atoms with Crippen LogP contribution >= 0.6 is 0 Å². The summed E-state index contributed by atoms with van der Waals surface area (Å²) < 4.78 is 16.6. The lowest BCUT2D eigenvalue weighted by Crippen LogP contribution is -2.31. The van der Waals surface area contributed by atoms with Gasteiger partial charge in [-0.3, -0.25) is 14.4 Å². The topological polar surface area (TPSA) is 82.1 Å². The smallest absolute Gasteiger partial charge is 0.306 e. The van der Waals surface area contributed by atoms with E-state index in [-0.39, 0.29) is 31.1 Å². The molecule has 0 heterocycles. The Morgan fingerprint density at radius 2 is 0.759 bits per heavy atom. The molecule has 54 heavy (non-hydrogen) atoms. The summed E-state index contributed by atoms with van der Waals surface area (Å²) in [4.78, 5) is 39.9. The van der Waals surface area contributed by atoms with Crippen molar-refractivity contribution in [2.24, 2.45) is 0 Å². The van der Waals surface area contributed by atoms with Crippen molar-refractivity contribution in [2.45, 2.75) is 226 Å². The van der Waals surface area contributed by atoms with Gasteiger partial charge >= 0.3 is 17.9 Å². The number of carbonyl (C=O) groups is 3. The molecule has 0 N–H and O–H groups in total. The lowest BCUT2D eigenvalue weighted by molar-refractivity contribution is -0.167. The fraction of sp³-hybridized carbons (Fsp3) is 0.851. The monoisotopic (exact) mass is 762 g/mol. The first-order valence-corrected chi connectivity index (χ1v) is 23.0. The molecule has 7 nitrogen and oxygen atoms in total. The maximum Gasteiger partial charge on any atom is 0.306 e. The van der Waals surface area contributed by atoms with Gasteiger partial charge in [0.25, 0.3) is 0 Å². The van der Waals surface area contributed by atoms with Gasteiger partial charge < -0.3 is 19.1 Å². The van der Waals surface area contributed by atoms with Crippen molar-refractivity contribution in [1.82, 2.24) is 4.90 Å². The van der Waals surface area contributed by atoms with Crippen LogP contribution in [0.5, 0.6) is 0 Å². The summed E-state index contributed by atoms with van der Waals surface area (Å²) in [6, 6.07) is 0. The number of allylic oxidation sites excluding steroid dienone is 4. The van der Waals surface area contributed by atoms with E-state index in [4.69, 9.17) is 14.2 Å². The van der Waals surface area contributed by atoms with Gasteiger partial charge in [0.05, 0.1) is 0 Å². The van der Waals surface area contributed by atoms with Gasteiger partial charge in [-0.2, -0.15) is 0 Å². The minimum absolute atomic E-state index is 0.0885. The third kappa shape index (κ3) is 38.1.